The Hall–Kier alpha value is -4.20. The fourth-order valence-corrected chi connectivity index (χ4v) is 4.17. The van der Waals surface area contributed by atoms with Gasteiger partial charge in [-0.3, -0.25) is 4.52 Å². The molecule has 0 saturated carbocycles. The van der Waals surface area contributed by atoms with Crippen LogP contribution in [0.5, 0.6) is 5.75 Å². The number of aromatic nitrogens is 3. The molecule has 0 spiro atoms. The summed E-state index contributed by atoms with van der Waals surface area (Å²) in [5.41, 5.74) is 3.54. The van der Waals surface area contributed by atoms with Crippen LogP contribution in [0.15, 0.2) is 81.4 Å². The molecule has 0 bridgehead atoms. The minimum atomic E-state index is -0.433. The standard InChI is InChI=1S/C26H23N5O4S/c1-33-13-12-31-16-25(35-30-31)29-24(32)17-36-26-22(15-27)21(18-8-10-20(34-2)11-9-18)14-23(28-26)19-6-4-3-5-7-19/h3-11,14,16H,12-13,17H2,1-2H3. The van der Waals surface area contributed by atoms with Crippen LogP contribution in [0.4, 0.5) is 5.88 Å². The molecule has 2 aromatic carbocycles. The molecule has 0 aliphatic heterocycles. The molecule has 182 valence electrons. The monoisotopic (exact) mass is 501 g/mol. The number of methoxy groups -OCH3 is 2. The van der Waals surface area contributed by atoms with Gasteiger partial charge in [0.15, 0.2) is 0 Å². The van der Waals surface area contributed by atoms with Crippen LogP contribution in [-0.2, 0) is 11.3 Å². The number of thioether (sulfide) groups is 1. The molecule has 0 fully saturated rings. The van der Waals surface area contributed by atoms with Gasteiger partial charge in [0.2, 0.25) is 11.8 Å². The summed E-state index contributed by atoms with van der Waals surface area (Å²) in [6, 6.07) is 21.3. The lowest BCUT2D eigenvalue weighted by molar-refractivity contribution is -0.763. The van der Waals surface area contributed by atoms with E-state index in [0.717, 1.165) is 28.5 Å². The van der Waals surface area contributed by atoms with Crippen molar-refractivity contribution in [3.8, 4) is 34.2 Å². The number of benzene rings is 2. The van der Waals surface area contributed by atoms with Crippen molar-refractivity contribution < 1.29 is 23.8 Å². The van der Waals surface area contributed by atoms with Crippen LogP contribution in [0.1, 0.15) is 5.56 Å². The molecular weight excluding hydrogens is 478 g/mol. The van der Waals surface area contributed by atoms with Gasteiger partial charge >= 0.3 is 5.88 Å². The maximum Gasteiger partial charge on any atom is 0.320 e. The van der Waals surface area contributed by atoms with Gasteiger partial charge in [0.05, 0.1) is 18.4 Å². The van der Waals surface area contributed by atoms with E-state index in [1.807, 2.05) is 60.7 Å². The van der Waals surface area contributed by atoms with Crippen LogP contribution in [0.25, 0.3) is 22.4 Å². The van der Waals surface area contributed by atoms with Gasteiger partial charge in [-0.25, -0.2) is 9.98 Å². The largest absolute Gasteiger partial charge is 0.861 e. The zero-order valence-corrected chi connectivity index (χ0v) is 20.6. The summed E-state index contributed by atoms with van der Waals surface area (Å²) in [6.45, 7) is 0.936. The van der Waals surface area contributed by atoms with E-state index >= 15 is 0 Å². The Morgan fingerprint density at radius 1 is 1.14 bits per heavy atom. The van der Waals surface area contributed by atoms with Crippen molar-refractivity contribution in [3.63, 3.8) is 0 Å². The molecule has 0 amide bonds. The van der Waals surface area contributed by atoms with E-state index in [1.54, 1.807) is 14.2 Å². The summed E-state index contributed by atoms with van der Waals surface area (Å²) in [5.74, 6) is 0.354. The first-order valence-electron chi connectivity index (χ1n) is 11.0. The Balaban J connectivity index is 1.65. The first kappa shape index (κ1) is 24.9. The van der Waals surface area contributed by atoms with Gasteiger partial charge in [-0.2, -0.15) is 5.26 Å². The number of pyridine rings is 1. The predicted octanol–water partition coefficient (Wildman–Crippen LogP) is 3.40. The maximum atomic E-state index is 12.6. The zero-order valence-electron chi connectivity index (χ0n) is 19.7. The van der Waals surface area contributed by atoms with Crippen LogP contribution >= 0.6 is 11.8 Å². The molecule has 0 radical (unpaired) electrons. The van der Waals surface area contributed by atoms with E-state index in [2.05, 4.69) is 16.3 Å². The number of ether oxygens (including phenoxy) is 2. The average Bonchev–Trinajstić information content (AvgIpc) is 3.37. The second-order valence-electron chi connectivity index (χ2n) is 7.53. The number of rotatable bonds is 10. The van der Waals surface area contributed by atoms with E-state index in [0.29, 0.717) is 35.2 Å². The normalized spacial score (nSPS) is 11.3. The van der Waals surface area contributed by atoms with E-state index in [4.69, 9.17) is 19.0 Å². The fourth-order valence-electron chi connectivity index (χ4n) is 3.38. The minimum Gasteiger partial charge on any atom is -0.861 e. The van der Waals surface area contributed by atoms with Crippen molar-refractivity contribution in [2.24, 2.45) is 4.99 Å². The van der Waals surface area contributed by atoms with Crippen molar-refractivity contribution in [2.75, 3.05) is 26.6 Å². The van der Waals surface area contributed by atoms with Crippen LogP contribution in [-0.4, -0.2) is 42.7 Å². The molecule has 4 aromatic rings. The lowest BCUT2D eigenvalue weighted by Crippen LogP contribution is -2.36. The van der Waals surface area contributed by atoms with Gasteiger partial charge < -0.3 is 14.6 Å². The number of nitrogens with zero attached hydrogens (tertiary/aromatic N) is 5. The van der Waals surface area contributed by atoms with Crippen molar-refractivity contribution in [3.05, 3.63) is 72.4 Å². The predicted molar refractivity (Wildman–Crippen MR) is 133 cm³/mol. The highest BCUT2D eigenvalue weighted by molar-refractivity contribution is 7.99. The lowest BCUT2D eigenvalue weighted by Gasteiger charge is -2.14. The van der Waals surface area contributed by atoms with Gasteiger partial charge in [-0.1, -0.05) is 54.2 Å². The third-order valence-electron chi connectivity index (χ3n) is 5.16. The van der Waals surface area contributed by atoms with Crippen molar-refractivity contribution >= 4 is 23.5 Å². The molecule has 2 aromatic heterocycles. The average molecular weight is 502 g/mol. The van der Waals surface area contributed by atoms with E-state index in [1.165, 1.54) is 10.9 Å². The molecule has 0 saturated heterocycles. The molecule has 0 aliphatic rings. The van der Waals surface area contributed by atoms with E-state index in [9.17, 15) is 10.4 Å². The number of hydrogen-bond acceptors (Lipinski definition) is 9. The summed E-state index contributed by atoms with van der Waals surface area (Å²) in [6.07, 6.45) is 1.53. The van der Waals surface area contributed by atoms with Gasteiger partial charge in [0, 0.05) is 24.0 Å². The summed E-state index contributed by atoms with van der Waals surface area (Å²) >= 11 is 1.15. The van der Waals surface area contributed by atoms with E-state index < -0.39 is 5.90 Å². The van der Waals surface area contributed by atoms with Crippen molar-refractivity contribution in [2.45, 2.75) is 11.6 Å². The van der Waals surface area contributed by atoms with Crippen molar-refractivity contribution in [1.82, 2.24) is 10.3 Å². The number of hydrogen-bond donors (Lipinski definition) is 0. The third-order valence-corrected chi connectivity index (χ3v) is 6.12. The van der Waals surface area contributed by atoms with Crippen molar-refractivity contribution in [1.29, 1.82) is 5.26 Å². The molecule has 0 aliphatic carbocycles. The lowest BCUT2D eigenvalue weighted by atomic mass is 9.99. The molecule has 10 heteroatoms. The Labute approximate surface area is 212 Å². The Bertz CT molecular complexity index is 1380. The summed E-state index contributed by atoms with van der Waals surface area (Å²) < 4.78 is 16.8. The Morgan fingerprint density at radius 3 is 2.61 bits per heavy atom. The summed E-state index contributed by atoms with van der Waals surface area (Å²) in [4.78, 5) is 8.68. The fraction of sp³-hybridized carbons (Fsp3) is 0.192. The maximum absolute atomic E-state index is 12.6. The topological polar surface area (TPSA) is 120 Å². The van der Waals surface area contributed by atoms with Gasteiger partial charge in [-0.15, -0.1) is 0 Å². The molecule has 0 unspecified atom stereocenters. The second kappa shape index (κ2) is 12.0. The number of aliphatic imine (C=N–C) groups is 1. The summed E-state index contributed by atoms with van der Waals surface area (Å²) in [7, 11) is 3.19. The zero-order chi connectivity index (χ0) is 25.3. The highest BCUT2D eigenvalue weighted by Gasteiger charge is 2.16. The molecule has 36 heavy (non-hydrogen) atoms. The van der Waals surface area contributed by atoms with E-state index in [-0.39, 0.29) is 11.6 Å². The highest BCUT2D eigenvalue weighted by atomic mass is 32.2. The Kier molecular flexibility index (Phi) is 8.28. The van der Waals surface area contributed by atoms with Crippen LogP contribution in [0.3, 0.4) is 0 Å². The molecule has 0 atom stereocenters. The van der Waals surface area contributed by atoms with Gasteiger partial charge in [0.1, 0.15) is 23.5 Å². The van der Waals surface area contributed by atoms with Crippen LogP contribution < -0.4 is 14.5 Å². The molecule has 4 rings (SSSR count). The Morgan fingerprint density at radius 2 is 1.92 bits per heavy atom. The van der Waals surface area contributed by atoms with Gasteiger partial charge in [0.25, 0.3) is 6.20 Å². The SMILES string of the molecule is COCC[n+]1cc(/N=C(/[O-])CSc2nc(-c3ccccc3)cc(-c3ccc(OC)cc3)c2C#N)on1. The first-order valence-corrected chi connectivity index (χ1v) is 12.0. The smallest absolute Gasteiger partial charge is 0.320 e. The second-order valence-corrected chi connectivity index (χ2v) is 8.50. The molecule has 2 heterocycles. The molecular formula is C26H23N5O4S. The highest BCUT2D eigenvalue weighted by Crippen LogP contribution is 2.34. The summed E-state index contributed by atoms with van der Waals surface area (Å²) in [5, 5.41) is 26.8. The number of nitriles is 1. The van der Waals surface area contributed by atoms with Gasteiger partial charge in [-0.05, 0) is 34.3 Å². The van der Waals surface area contributed by atoms with Crippen LogP contribution in [0, 0.1) is 11.3 Å². The molecule has 9 nitrogen and oxygen atoms in total. The van der Waals surface area contributed by atoms with Crippen LogP contribution in [0.2, 0.25) is 0 Å². The third kappa shape index (κ3) is 6.07. The first-order chi connectivity index (χ1) is 17.6. The quantitative estimate of drug-likeness (QED) is 0.140. The molecule has 0 N–H and O–H groups in total. The minimum absolute atomic E-state index is 0.0270.